The first-order valence-corrected chi connectivity index (χ1v) is 9.42. The summed E-state index contributed by atoms with van der Waals surface area (Å²) in [5, 5.41) is 6.64. The van der Waals surface area contributed by atoms with Crippen molar-refractivity contribution in [2.45, 2.75) is 26.0 Å². The zero-order valence-electron chi connectivity index (χ0n) is 13.9. The molecule has 0 unspecified atom stereocenters. The molecule has 2 aromatic rings. The van der Waals surface area contributed by atoms with Crippen LogP contribution in [-0.4, -0.2) is 52.2 Å². The van der Waals surface area contributed by atoms with Crippen LogP contribution in [0.25, 0.3) is 0 Å². The molecule has 2 aliphatic rings. The van der Waals surface area contributed by atoms with Crippen molar-refractivity contribution in [3.63, 3.8) is 0 Å². The fraction of sp³-hybridized carbons (Fsp3) is 0.588. The topological polar surface area (TPSA) is 63.2 Å². The molecule has 128 valence electrons. The van der Waals surface area contributed by atoms with Crippen molar-refractivity contribution in [2.24, 2.45) is 11.8 Å². The van der Waals surface area contributed by atoms with E-state index in [4.69, 9.17) is 4.74 Å². The summed E-state index contributed by atoms with van der Waals surface area (Å²) in [6.45, 7) is 6.91. The lowest BCUT2D eigenvalue weighted by atomic mass is 9.84. The number of fused-ring (bicyclic) bond motifs is 1. The molecule has 0 amide bonds. The maximum Gasteiger partial charge on any atom is 0.222 e. The molecule has 4 heterocycles. The van der Waals surface area contributed by atoms with Crippen molar-refractivity contribution in [3.8, 4) is 0 Å². The van der Waals surface area contributed by atoms with Crippen molar-refractivity contribution in [3.05, 3.63) is 34.5 Å². The Bertz CT molecular complexity index is 664. The monoisotopic (exact) mass is 345 g/mol. The third kappa shape index (κ3) is 3.58. The van der Waals surface area contributed by atoms with E-state index in [1.807, 2.05) is 6.07 Å². The molecule has 2 fully saturated rings. The van der Waals surface area contributed by atoms with Gasteiger partial charge in [0.2, 0.25) is 5.95 Å². The zero-order valence-corrected chi connectivity index (χ0v) is 14.7. The Labute approximate surface area is 146 Å². The molecule has 3 atom stereocenters. The fourth-order valence-corrected chi connectivity index (χ4v) is 4.35. The number of anilines is 1. The van der Waals surface area contributed by atoms with Gasteiger partial charge in [0.05, 0.1) is 23.4 Å². The van der Waals surface area contributed by atoms with E-state index in [9.17, 15) is 0 Å². The van der Waals surface area contributed by atoms with E-state index in [2.05, 4.69) is 37.5 Å². The Balaban J connectivity index is 1.34. The van der Waals surface area contributed by atoms with E-state index >= 15 is 0 Å². The molecular formula is C17H23N5OS. The summed E-state index contributed by atoms with van der Waals surface area (Å²) < 4.78 is 6.07. The lowest BCUT2D eigenvalue weighted by Gasteiger charge is -2.35. The first kappa shape index (κ1) is 15.9. The summed E-state index contributed by atoms with van der Waals surface area (Å²) in [7, 11) is 0. The van der Waals surface area contributed by atoms with Gasteiger partial charge >= 0.3 is 0 Å². The SMILES string of the molecule is Cc1nc(CN2CC[C@H]3CO[C@H](CNc4ncccn4)[C@H]3C2)cs1. The van der Waals surface area contributed by atoms with E-state index in [1.165, 1.54) is 12.1 Å². The maximum absolute atomic E-state index is 6.07. The van der Waals surface area contributed by atoms with Gasteiger partial charge in [0.15, 0.2) is 0 Å². The van der Waals surface area contributed by atoms with Crippen molar-refractivity contribution >= 4 is 17.3 Å². The predicted molar refractivity (Wildman–Crippen MR) is 94.0 cm³/mol. The molecule has 0 bridgehead atoms. The number of likely N-dealkylation sites (tertiary alicyclic amines) is 1. The average Bonchev–Trinajstić information content (AvgIpc) is 3.20. The van der Waals surface area contributed by atoms with E-state index in [0.717, 1.165) is 37.8 Å². The molecule has 0 aliphatic carbocycles. The molecule has 0 spiro atoms. The van der Waals surface area contributed by atoms with Crippen molar-refractivity contribution in [1.82, 2.24) is 19.9 Å². The fourth-order valence-electron chi connectivity index (χ4n) is 3.75. The number of aryl methyl sites for hydroxylation is 1. The first-order valence-electron chi connectivity index (χ1n) is 8.54. The Kier molecular flexibility index (Phi) is 4.73. The van der Waals surface area contributed by atoms with Gasteiger partial charge in [-0.1, -0.05) is 0 Å². The van der Waals surface area contributed by atoms with Gasteiger partial charge in [0.25, 0.3) is 0 Å². The molecule has 6 nitrogen and oxygen atoms in total. The highest BCUT2D eigenvalue weighted by Gasteiger charge is 2.40. The van der Waals surface area contributed by atoms with Crippen LogP contribution < -0.4 is 5.32 Å². The number of piperidine rings is 1. The van der Waals surface area contributed by atoms with Gasteiger partial charge in [0.1, 0.15) is 0 Å². The second kappa shape index (κ2) is 7.13. The molecule has 0 aromatic carbocycles. The smallest absolute Gasteiger partial charge is 0.222 e. The number of rotatable bonds is 5. The Morgan fingerprint density at radius 2 is 2.25 bits per heavy atom. The number of nitrogens with zero attached hydrogens (tertiary/aromatic N) is 4. The summed E-state index contributed by atoms with van der Waals surface area (Å²) in [6.07, 6.45) is 4.96. The highest BCUT2D eigenvalue weighted by molar-refractivity contribution is 7.09. The molecule has 7 heteroatoms. The van der Waals surface area contributed by atoms with Crippen molar-refractivity contribution in [2.75, 3.05) is 31.6 Å². The number of nitrogens with one attached hydrogen (secondary N) is 1. The molecule has 1 N–H and O–H groups in total. The van der Waals surface area contributed by atoms with Gasteiger partial charge in [-0.25, -0.2) is 15.0 Å². The second-order valence-corrected chi connectivity index (χ2v) is 7.69. The Hall–Kier alpha value is -1.57. The van der Waals surface area contributed by atoms with Crippen LogP contribution in [0.3, 0.4) is 0 Å². The van der Waals surface area contributed by atoms with Gasteiger partial charge in [-0.3, -0.25) is 4.90 Å². The van der Waals surface area contributed by atoms with Crippen LogP contribution in [0.1, 0.15) is 17.1 Å². The molecule has 2 saturated heterocycles. The second-order valence-electron chi connectivity index (χ2n) is 6.63. The van der Waals surface area contributed by atoms with Crippen LogP contribution in [0.4, 0.5) is 5.95 Å². The molecular weight excluding hydrogens is 322 g/mol. The third-order valence-corrected chi connectivity index (χ3v) is 5.79. The quantitative estimate of drug-likeness (QED) is 0.896. The number of hydrogen-bond donors (Lipinski definition) is 1. The standard InChI is InChI=1S/C17H23N5OS/c1-12-21-14(11-24-12)8-22-6-3-13-10-23-16(15(13)9-22)7-20-17-18-4-2-5-19-17/h2,4-5,11,13,15-16H,3,6-10H2,1H3,(H,18,19,20)/t13-,15-,16+/m0/s1. The minimum Gasteiger partial charge on any atom is -0.376 e. The molecule has 0 radical (unpaired) electrons. The van der Waals surface area contributed by atoms with Crippen LogP contribution in [0.2, 0.25) is 0 Å². The van der Waals surface area contributed by atoms with Crippen LogP contribution in [0, 0.1) is 18.8 Å². The highest BCUT2D eigenvalue weighted by atomic mass is 32.1. The van der Waals surface area contributed by atoms with Gasteiger partial charge in [-0.2, -0.15) is 0 Å². The van der Waals surface area contributed by atoms with Gasteiger partial charge in [0, 0.05) is 43.3 Å². The number of ether oxygens (including phenoxy) is 1. The summed E-state index contributed by atoms with van der Waals surface area (Å²) in [4.78, 5) is 15.6. The number of hydrogen-bond acceptors (Lipinski definition) is 7. The van der Waals surface area contributed by atoms with Gasteiger partial charge < -0.3 is 10.1 Å². The van der Waals surface area contributed by atoms with Crippen LogP contribution >= 0.6 is 11.3 Å². The maximum atomic E-state index is 6.07. The van der Waals surface area contributed by atoms with Crippen molar-refractivity contribution in [1.29, 1.82) is 0 Å². The van der Waals surface area contributed by atoms with E-state index in [0.29, 0.717) is 17.8 Å². The van der Waals surface area contributed by atoms with Gasteiger partial charge in [-0.05, 0) is 31.9 Å². The summed E-state index contributed by atoms with van der Waals surface area (Å²) in [5.41, 5.74) is 1.20. The van der Waals surface area contributed by atoms with E-state index in [-0.39, 0.29) is 6.10 Å². The normalized spacial score (nSPS) is 27.1. The lowest BCUT2D eigenvalue weighted by Crippen LogP contribution is -2.43. The number of aromatic nitrogens is 3. The molecule has 2 aromatic heterocycles. The predicted octanol–water partition coefficient (Wildman–Crippen LogP) is 2.19. The summed E-state index contributed by atoms with van der Waals surface area (Å²) in [6, 6.07) is 1.83. The minimum absolute atomic E-state index is 0.235. The van der Waals surface area contributed by atoms with Crippen LogP contribution in [0.15, 0.2) is 23.8 Å². The lowest BCUT2D eigenvalue weighted by molar-refractivity contribution is 0.0828. The first-order chi connectivity index (χ1) is 11.8. The van der Waals surface area contributed by atoms with E-state index in [1.54, 1.807) is 23.7 Å². The summed E-state index contributed by atoms with van der Waals surface area (Å²) >= 11 is 1.73. The third-order valence-electron chi connectivity index (χ3n) is 4.97. The van der Waals surface area contributed by atoms with Gasteiger partial charge in [-0.15, -0.1) is 11.3 Å². The summed E-state index contributed by atoms with van der Waals surface area (Å²) in [5.74, 6) is 1.94. The molecule has 4 rings (SSSR count). The Morgan fingerprint density at radius 1 is 1.38 bits per heavy atom. The molecule has 2 aliphatic heterocycles. The van der Waals surface area contributed by atoms with Crippen molar-refractivity contribution < 1.29 is 4.74 Å². The van der Waals surface area contributed by atoms with Crippen LogP contribution in [-0.2, 0) is 11.3 Å². The number of thiazole rings is 1. The minimum atomic E-state index is 0.235. The van der Waals surface area contributed by atoms with Crippen LogP contribution in [0.5, 0.6) is 0 Å². The Morgan fingerprint density at radius 3 is 3.04 bits per heavy atom. The molecule has 24 heavy (non-hydrogen) atoms. The van der Waals surface area contributed by atoms with E-state index < -0.39 is 0 Å². The largest absolute Gasteiger partial charge is 0.376 e. The molecule has 0 saturated carbocycles. The zero-order chi connectivity index (χ0) is 16.4. The average molecular weight is 345 g/mol. The highest BCUT2D eigenvalue weighted by Crippen LogP contribution is 2.34.